The molecule has 0 N–H and O–H groups in total. The summed E-state index contributed by atoms with van der Waals surface area (Å²) in [5, 5.41) is 5.66. The lowest BCUT2D eigenvalue weighted by Crippen LogP contribution is -2.20. The van der Waals surface area contributed by atoms with Gasteiger partial charge in [-0.3, -0.25) is 4.79 Å². The van der Waals surface area contributed by atoms with E-state index in [0.29, 0.717) is 57.0 Å². The van der Waals surface area contributed by atoms with Crippen molar-refractivity contribution in [3.63, 3.8) is 0 Å². The number of nitrogens with zero attached hydrogens (tertiary/aromatic N) is 3. The maximum Gasteiger partial charge on any atom is 0.282 e. The van der Waals surface area contributed by atoms with Crippen molar-refractivity contribution < 1.29 is 9.47 Å². The molecular weight excluding hydrogens is 377 g/mol. The number of halogens is 2. The van der Waals surface area contributed by atoms with Gasteiger partial charge in [-0.15, -0.1) is 0 Å². The zero-order chi connectivity index (χ0) is 18.3. The Morgan fingerprint density at radius 1 is 1.19 bits per heavy atom. The van der Waals surface area contributed by atoms with Crippen molar-refractivity contribution in [2.45, 2.75) is 6.92 Å². The molecule has 0 unspecified atom stereocenters. The average Bonchev–Trinajstić information content (AvgIpc) is 2.61. The van der Waals surface area contributed by atoms with Crippen molar-refractivity contribution in [3.8, 4) is 11.5 Å². The van der Waals surface area contributed by atoms with Crippen molar-refractivity contribution in [1.82, 2.24) is 9.66 Å². The van der Waals surface area contributed by atoms with Crippen molar-refractivity contribution in [1.29, 1.82) is 0 Å². The number of ether oxygens (including phenoxy) is 2. The highest BCUT2D eigenvalue weighted by atomic mass is 35.5. The van der Waals surface area contributed by atoms with Crippen LogP contribution in [-0.2, 0) is 0 Å². The van der Waals surface area contributed by atoms with Gasteiger partial charge < -0.3 is 9.47 Å². The van der Waals surface area contributed by atoms with Gasteiger partial charge in [0.05, 0.1) is 22.1 Å². The lowest BCUT2D eigenvalue weighted by atomic mass is 10.2. The SMILES string of the molecule is Cc1nc2cc(Cl)ccc2c(=O)n1N=Cc1cc(Cl)c2c(c1)OCCO2. The summed E-state index contributed by atoms with van der Waals surface area (Å²) in [6.07, 6.45) is 1.53. The molecule has 26 heavy (non-hydrogen) atoms. The lowest BCUT2D eigenvalue weighted by molar-refractivity contribution is 0.171. The maximum atomic E-state index is 12.7. The smallest absolute Gasteiger partial charge is 0.282 e. The molecule has 0 fully saturated rings. The van der Waals surface area contributed by atoms with Gasteiger partial charge in [0, 0.05) is 5.02 Å². The summed E-state index contributed by atoms with van der Waals surface area (Å²) in [5.41, 5.74) is 0.944. The first-order valence-electron chi connectivity index (χ1n) is 7.85. The van der Waals surface area contributed by atoms with E-state index in [2.05, 4.69) is 10.1 Å². The van der Waals surface area contributed by atoms with Gasteiger partial charge in [0.1, 0.15) is 19.0 Å². The fraction of sp³-hybridized carbons (Fsp3) is 0.167. The molecule has 1 aliphatic rings. The van der Waals surface area contributed by atoms with Crippen LogP contribution in [0.4, 0.5) is 0 Å². The minimum Gasteiger partial charge on any atom is -0.486 e. The molecule has 0 amide bonds. The molecule has 0 saturated heterocycles. The molecule has 0 aliphatic carbocycles. The second-order valence-corrected chi connectivity index (χ2v) is 6.55. The van der Waals surface area contributed by atoms with Gasteiger partial charge in [-0.05, 0) is 42.8 Å². The summed E-state index contributed by atoms with van der Waals surface area (Å²) in [5.74, 6) is 1.53. The molecule has 2 aromatic carbocycles. The first-order chi connectivity index (χ1) is 12.5. The fourth-order valence-corrected chi connectivity index (χ4v) is 3.17. The van der Waals surface area contributed by atoms with Gasteiger partial charge >= 0.3 is 0 Å². The summed E-state index contributed by atoms with van der Waals surface area (Å²) >= 11 is 12.2. The van der Waals surface area contributed by atoms with Crippen molar-refractivity contribution in [3.05, 3.63) is 62.1 Å². The molecule has 0 bridgehead atoms. The van der Waals surface area contributed by atoms with Crippen LogP contribution in [0.15, 0.2) is 40.2 Å². The van der Waals surface area contributed by atoms with Crippen LogP contribution >= 0.6 is 23.2 Å². The van der Waals surface area contributed by atoms with E-state index in [1.54, 1.807) is 37.3 Å². The van der Waals surface area contributed by atoms with Gasteiger partial charge in [-0.2, -0.15) is 9.78 Å². The van der Waals surface area contributed by atoms with E-state index in [-0.39, 0.29) is 5.56 Å². The van der Waals surface area contributed by atoms with Gasteiger partial charge in [0.2, 0.25) is 0 Å². The van der Waals surface area contributed by atoms with Crippen LogP contribution in [-0.4, -0.2) is 29.1 Å². The summed E-state index contributed by atoms with van der Waals surface area (Å²) < 4.78 is 12.3. The van der Waals surface area contributed by atoms with E-state index >= 15 is 0 Å². The number of fused-ring (bicyclic) bond motifs is 2. The zero-order valence-electron chi connectivity index (χ0n) is 13.7. The number of aromatic nitrogens is 2. The van der Waals surface area contributed by atoms with E-state index < -0.39 is 0 Å². The molecule has 1 aromatic heterocycles. The summed E-state index contributed by atoms with van der Waals surface area (Å²) in [6, 6.07) is 8.40. The van der Waals surface area contributed by atoms with E-state index in [9.17, 15) is 4.79 Å². The number of benzene rings is 2. The molecule has 6 nitrogen and oxygen atoms in total. The van der Waals surface area contributed by atoms with Crippen LogP contribution in [0.3, 0.4) is 0 Å². The predicted octanol–water partition coefficient (Wildman–Crippen LogP) is 3.67. The minimum absolute atomic E-state index is 0.274. The van der Waals surface area contributed by atoms with E-state index in [1.807, 2.05) is 0 Å². The van der Waals surface area contributed by atoms with Crippen molar-refractivity contribution in [2.75, 3.05) is 13.2 Å². The summed E-state index contributed by atoms with van der Waals surface area (Å²) in [7, 11) is 0. The first kappa shape index (κ1) is 16.9. The highest BCUT2D eigenvalue weighted by molar-refractivity contribution is 6.32. The number of aryl methyl sites for hydroxylation is 1. The highest BCUT2D eigenvalue weighted by Crippen LogP contribution is 2.37. The molecule has 0 spiro atoms. The minimum atomic E-state index is -0.274. The monoisotopic (exact) mass is 389 g/mol. The lowest BCUT2D eigenvalue weighted by Gasteiger charge is -2.19. The second kappa shape index (κ2) is 6.63. The largest absolute Gasteiger partial charge is 0.486 e. The Labute approximate surface area is 158 Å². The third-order valence-corrected chi connectivity index (χ3v) is 4.43. The van der Waals surface area contributed by atoms with E-state index in [0.717, 1.165) is 0 Å². The highest BCUT2D eigenvalue weighted by Gasteiger charge is 2.16. The molecule has 0 radical (unpaired) electrons. The Bertz CT molecular complexity index is 1110. The van der Waals surface area contributed by atoms with Crippen LogP contribution in [0.25, 0.3) is 10.9 Å². The molecule has 4 rings (SSSR count). The summed E-state index contributed by atoms with van der Waals surface area (Å²) in [4.78, 5) is 17.1. The molecular formula is C18H13Cl2N3O3. The van der Waals surface area contributed by atoms with Crippen LogP contribution in [0, 0.1) is 6.92 Å². The Morgan fingerprint density at radius 3 is 2.85 bits per heavy atom. The van der Waals surface area contributed by atoms with Gasteiger partial charge in [-0.1, -0.05) is 23.2 Å². The van der Waals surface area contributed by atoms with Gasteiger partial charge in [0.25, 0.3) is 5.56 Å². The first-order valence-corrected chi connectivity index (χ1v) is 8.61. The summed E-state index contributed by atoms with van der Waals surface area (Å²) in [6.45, 7) is 2.62. The average molecular weight is 390 g/mol. The van der Waals surface area contributed by atoms with Crippen LogP contribution in [0.2, 0.25) is 10.0 Å². The molecule has 132 valence electrons. The Balaban J connectivity index is 1.77. The van der Waals surface area contributed by atoms with E-state index in [4.69, 9.17) is 32.7 Å². The van der Waals surface area contributed by atoms with Gasteiger partial charge in [0.15, 0.2) is 11.5 Å². The number of hydrogen-bond acceptors (Lipinski definition) is 5. The molecule has 3 aromatic rings. The third-order valence-electron chi connectivity index (χ3n) is 3.91. The standard InChI is InChI=1S/C18H13Cl2N3O3/c1-10-22-15-8-12(19)2-3-13(15)18(24)23(10)21-9-11-6-14(20)17-16(7-11)25-4-5-26-17/h2-3,6-9H,4-5H2,1H3. The third kappa shape index (κ3) is 3.02. The Kier molecular flexibility index (Phi) is 4.30. The maximum absolute atomic E-state index is 12.7. The number of hydrogen-bond donors (Lipinski definition) is 0. The Morgan fingerprint density at radius 2 is 2.00 bits per heavy atom. The second-order valence-electron chi connectivity index (χ2n) is 5.71. The van der Waals surface area contributed by atoms with Crippen molar-refractivity contribution >= 4 is 40.3 Å². The fourth-order valence-electron chi connectivity index (χ4n) is 2.73. The van der Waals surface area contributed by atoms with Crippen LogP contribution in [0.1, 0.15) is 11.4 Å². The predicted molar refractivity (Wildman–Crippen MR) is 101 cm³/mol. The topological polar surface area (TPSA) is 65.7 Å². The molecule has 2 heterocycles. The normalized spacial score (nSPS) is 13.5. The zero-order valence-corrected chi connectivity index (χ0v) is 15.2. The Hall–Kier alpha value is -2.57. The molecule has 1 aliphatic heterocycles. The van der Waals surface area contributed by atoms with Crippen LogP contribution in [0.5, 0.6) is 11.5 Å². The van der Waals surface area contributed by atoms with Crippen molar-refractivity contribution in [2.24, 2.45) is 5.10 Å². The molecule has 0 saturated carbocycles. The number of rotatable bonds is 2. The molecule has 0 atom stereocenters. The quantitative estimate of drug-likeness (QED) is 0.627. The van der Waals surface area contributed by atoms with Crippen LogP contribution < -0.4 is 15.0 Å². The molecule has 8 heteroatoms. The van der Waals surface area contributed by atoms with Gasteiger partial charge in [-0.25, -0.2) is 4.98 Å². The van der Waals surface area contributed by atoms with E-state index in [1.165, 1.54) is 10.9 Å².